The molecule has 0 bridgehead atoms. The van der Waals surface area contributed by atoms with E-state index in [1.807, 2.05) is 32.8 Å². The molecule has 3 saturated heterocycles. The molecule has 0 aromatic rings. The van der Waals surface area contributed by atoms with Gasteiger partial charge in [-0.2, -0.15) is 0 Å². The van der Waals surface area contributed by atoms with Gasteiger partial charge in [-0.15, -0.1) is 0 Å². The van der Waals surface area contributed by atoms with E-state index in [2.05, 4.69) is 23.8 Å². The van der Waals surface area contributed by atoms with E-state index in [9.17, 15) is 14.7 Å². The van der Waals surface area contributed by atoms with Crippen molar-refractivity contribution >= 4 is 11.8 Å². The highest BCUT2D eigenvalue weighted by Gasteiger charge is 2.51. The number of carbonyl (C=O) groups excluding carboxylic acids is 2. The van der Waals surface area contributed by atoms with Gasteiger partial charge in [0.2, 0.25) is 0 Å². The Morgan fingerprint density at radius 2 is 1.72 bits per heavy atom. The summed E-state index contributed by atoms with van der Waals surface area (Å²) in [4.78, 5) is 34.6. The van der Waals surface area contributed by atoms with E-state index in [1.54, 1.807) is 35.0 Å². The number of aliphatic hydroxyl groups is 1. The van der Waals surface area contributed by atoms with Crippen LogP contribution in [0.1, 0.15) is 73.6 Å². The highest BCUT2D eigenvalue weighted by molar-refractivity contribution is 6.04. The largest absolute Gasteiger partial charge is 0.463 e. The Hall–Kier alpha value is -1.18. The normalized spacial score (nSPS) is 38.2. The van der Waals surface area contributed by atoms with Gasteiger partial charge in [-0.3, -0.25) is 14.5 Å². The fourth-order valence-corrected chi connectivity index (χ4v) is 7.89. The third-order valence-corrected chi connectivity index (χ3v) is 10.9. The summed E-state index contributed by atoms with van der Waals surface area (Å²) in [6, 6.07) is -0.140. The molecule has 0 aromatic carbocycles. The lowest BCUT2D eigenvalue weighted by Gasteiger charge is -2.47. The number of esters is 1. The molecule has 9 atom stereocenters. The maximum Gasteiger partial charge on any atom is 0.319 e. The predicted molar refractivity (Wildman–Crippen MR) is 177 cm³/mol. The molecule has 0 aliphatic carbocycles. The van der Waals surface area contributed by atoms with Crippen LogP contribution in [0.5, 0.6) is 0 Å². The van der Waals surface area contributed by atoms with Gasteiger partial charge in [0.25, 0.3) is 0 Å². The van der Waals surface area contributed by atoms with Crippen molar-refractivity contribution in [3.8, 4) is 0 Å². The Kier molecular flexibility index (Phi) is 14.5. The van der Waals surface area contributed by atoms with Gasteiger partial charge in [-0.05, 0) is 106 Å². The van der Waals surface area contributed by atoms with E-state index in [4.69, 9.17) is 23.7 Å². The van der Waals surface area contributed by atoms with E-state index in [0.29, 0.717) is 18.8 Å². The molecule has 3 fully saturated rings. The number of hydrogen-bond donors (Lipinski definition) is 1. The van der Waals surface area contributed by atoms with Crippen molar-refractivity contribution in [2.45, 2.75) is 116 Å². The fraction of sp³-hybridized carbons (Fsp3) is 0.943. The summed E-state index contributed by atoms with van der Waals surface area (Å²) in [6.45, 7) is 16.0. The van der Waals surface area contributed by atoms with Gasteiger partial charge in [0.1, 0.15) is 18.1 Å². The number of nitrogens with zero attached hydrogens (tertiary/aromatic N) is 3. The highest BCUT2D eigenvalue weighted by atomic mass is 16.7. The van der Waals surface area contributed by atoms with Crippen LogP contribution >= 0.6 is 0 Å². The Bertz CT molecular complexity index is 973. The zero-order valence-electron chi connectivity index (χ0n) is 30.6. The molecule has 11 heteroatoms. The van der Waals surface area contributed by atoms with Crippen LogP contribution in [0.15, 0.2) is 0 Å². The van der Waals surface area contributed by atoms with E-state index >= 15 is 0 Å². The van der Waals surface area contributed by atoms with Crippen molar-refractivity contribution in [2.75, 3.05) is 74.8 Å². The van der Waals surface area contributed by atoms with Crippen LogP contribution in [0.3, 0.4) is 0 Å². The van der Waals surface area contributed by atoms with Gasteiger partial charge >= 0.3 is 5.97 Å². The summed E-state index contributed by atoms with van der Waals surface area (Å²) in [5.41, 5.74) is -2.32. The molecule has 3 aliphatic rings. The summed E-state index contributed by atoms with van der Waals surface area (Å²) < 4.78 is 30.3. The average molecular weight is 656 g/mol. The average Bonchev–Trinajstić information content (AvgIpc) is 3.00. The third kappa shape index (κ3) is 9.71. The first kappa shape index (κ1) is 39.3. The lowest BCUT2D eigenvalue weighted by molar-refractivity contribution is -0.295. The maximum atomic E-state index is 14.2. The number of carbonyl (C=O) groups is 2. The molecule has 46 heavy (non-hydrogen) atoms. The molecule has 0 radical (unpaired) electrons. The topological polar surface area (TPSA) is 110 Å². The SMILES string of the molecule is COCCN1CCC(CC2COC(=O)C(C)(C)C(=O)[C@H](C)[C@@H](O[C@@H]3O[C@H](C)C[C@H](N(C)C)[C@H]3O)[C@](C)(OC)C[C@@H](C)CN2C)CC1. The Balaban J connectivity index is 1.88. The smallest absolute Gasteiger partial charge is 0.319 e. The monoisotopic (exact) mass is 655 g/mol. The van der Waals surface area contributed by atoms with Gasteiger partial charge < -0.3 is 38.6 Å². The van der Waals surface area contributed by atoms with Gasteiger partial charge in [-0.1, -0.05) is 13.8 Å². The van der Waals surface area contributed by atoms with Gasteiger partial charge in [0.05, 0.1) is 24.4 Å². The van der Waals surface area contributed by atoms with E-state index in [0.717, 1.165) is 52.0 Å². The van der Waals surface area contributed by atoms with Crippen LogP contribution in [-0.2, 0) is 33.3 Å². The molecule has 3 heterocycles. The number of piperidine rings is 1. The van der Waals surface area contributed by atoms with Gasteiger partial charge in [-0.25, -0.2) is 0 Å². The second-order valence-corrected chi connectivity index (χ2v) is 15.4. The number of ketones is 1. The second-order valence-electron chi connectivity index (χ2n) is 15.4. The zero-order chi connectivity index (χ0) is 34.4. The lowest BCUT2D eigenvalue weighted by atomic mass is 9.74. The first-order chi connectivity index (χ1) is 21.5. The fourth-order valence-electron chi connectivity index (χ4n) is 7.89. The molecule has 11 nitrogen and oxygen atoms in total. The molecule has 0 amide bonds. The molecule has 0 saturated carbocycles. The number of cyclic esters (lactones) is 1. The number of hydrogen-bond acceptors (Lipinski definition) is 11. The number of aliphatic hydroxyl groups excluding tert-OH is 1. The van der Waals surface area contributed by atoms with E-state index in [-0.39, 0.29) is 36.5 Å². The highest BCUT2D eigenvalue weighted by Crippen LogP contribution is 2.38. The van der Waals surface area contributed by atoms with Crippen LogP contribution in [0.25, 0.3) is 0 Å². The minimum atomic E-state index is -1.41. The lowest BCUT2D eigenvalue weighted by Crippen LogP contribution is -2.59. The molecule has 268 valence electrons. The third-order valence-electron chi connectivity index (χ3n) is 10.9. The standard InChI is InChI=1S/C35H65N3O8/c1-23-20-35(6,43-11)31(46-32-29(39)28(36(7)8)18-24(2)45-32)25(3)30(40)34(4,5)33(41)44-22-27(37(9)21-23)19-26-12-14-38(15-13-26)16-17-42-10/h23-29,31-32,39H,12-22H2,1-11H3/t23-,24-,25+,27?,28+,29-,31-,32+,35-/m1/s1. The molecule has 1 N–H and O–H groups in total. The van der Waals surface area contributed by atoms with Crippen LogP contribution < -0.4 is 0 Å². The Morgan fingerprint density at radius 3 is 2.30 bits per heavy atom. The van der Waals surface area contributed by atoms with Crippen molar-refractivity contribution in [1.29, 1.82) is 0 Å². The van der Waals surface area contributed by atoms with Gasteiger partial charge in [0.15, 0.2) is 12.1 Å². The number of rotatable bonds is 9. The quantitative estimate of drug-likeness (QED) is 0.292. The van der Waals surface area contributed by atoms with Crippen LogP contribution in [0.4, 0.5) is 0 Å². The number of likely N-dealkylation sites (tertiary alicyclic amines) is 1. The summed E-state index contributed by atoms with van der Waals surface area (Å²) >= 11 is 0. The van der Waals surface area contributed by atoms with E-state index in [1.165, 1.54) is 0 Å². The second kappa shape index (κ2) is 17.0. The summed E-state index contributed by atoms with van der Waals surface area (Å²) in [6.07, 6.45) is 1.56. The summed E-state index contributed by atoms with van der Waals surface area (Å²) in [5.74, 6) is -0.867. The summed E-state index contributed by atoms with van der Waals surface area (Å²) in [7, 11) is 9.35. The number of methoxy groups -OCH3 is 2. The molecule has 3 rings (SSSR count). The minimum Gasteiger partial charge on any atom is -0.463 e. The molecular formula is C35H65N3O8. The van der Waals surface area contributed by atoms with Gasteiger partial charge in [0, 0.05) is 45.3 Å². The summed E-state index contributed by atoms with van der Waals surface area (Å²) in [5, 5.41) is 11.3. The Morgan fingerprint density at radius 1 is 1.07 bits per heavy atom. The maximum absolute atomic E-state index is 14.2. The van der Waals surface area contributed by atoms with Crippen molar-refractivity contribution in [3.63, 3.8) is 0 Å². The predicted octanol–water partition coefficient (Wildman–Crippen LogP) is 3.07. The van der Waals surface area contributed by atoms with E-state index < -0.39 is 41.4 Å². The number of Topliss-reactive ketones (excluding diaryl/α,β-unsaturated/α-hetero) is 1. The Labute approximate surface area is 278 Å². The van der Waals surface area contributed by atoms with Crippen molar-refractivity contribution in [1.82, 2.24) is 14.7 Å². The van der Waals surface area contributed by atoms with Crippen molar-refractivity contribution in [2.24, 2.45) is 23.2 Å². The zero-order valence-corrected chi connectivity index (χ0v) is 30.6. The molecular weight excluding hydrogens is 590 g/mol. The molecule has 1 unspecified atom stereocenters. The van der Waals surface area contributed by atoms with Crippen LogP contribution in [-0.4, -0.2) is 149 Å². The first-order valence-corrected chi connectivity index (χ1v) is 17.4. The first-order valence-electron chi connectivity index (χ1n) is 17.4. The number of likely N-dealkylation sites (N-methyl/N-ethyl adjacent to an activating group) is 2. The minimum absolute atomic E-state index is 0.0297. The molecule has 0 spiro atoms. The van der Waals surface area contributed by atoms with Crippen LogP contribution in [0, 0.1) is 23.2 Å². The molecule has 3 aliphatic heterocycles. The van der Waals surface area contributed by atoms with Crippen LogP contribution in [0.2, 0.25) is 0 Å². The van der Waals surface area contributed by atoms with Crippen molar-refractivity contribution < 1.29 is 38.4 Å². The molecule has 0 aromatic heterocycles. The van der Waals surface area contributed by atoms with Crippen molar-refractivity contribution in [3.05, 3.63) is 0 Å². The number of ether oxygens (including phenoxy) is 5.